The summed E-state index contributed by atoms with van der Waals surface area (Å²) in [5.41, 5.74) is 4.13. The number of aryl methyl sites for hydroxylation is 2. The van der Waals surface area contributed by atoms with E-state index in [-0.39, 0.29) is 0 Å². The largest absolute Gasteiger partial charge is 0.296 e. The van der Waals surface area contributed by atoms with Crippen molar-refractivity contribution in [1.82, 2.24) is 24.0 Å². The Bertz CT molecular complexity index is 1140. The summed E-state index contributed by atoms with van der Waals surface area (Å²) in [7, 11) is -1.55. The molecule has 3 aromatic rings. The number of pyridine rings is 1. The molecule has 7 nitrogen and oxygen atoms in total. The highest BCUT2D eigenvalue weighted by atomic mass is 32.2. The molecule has 1 aromatic carbocycles. The molecule has 1 aliphatic rings. The summed E-state index contributed by atoms with van der Waals surface area (Å²) in [6.07, 6.45) is 1.89. The van der Waals surface area contributed by atoms with Gasteiger partial charge in [0, 0.05) is 51.4 Å². The summed E-state index contributed by atoms with van der Waals surface area (Å²) >= 11 is 0. The maximum absolute atomic E-state index is 13.0. The summed E-state index contributed by atoms with van der Waals surface area (Å²) in [5, 5.41) is 5.50. The van der Waals surface area contributed by atoms with Crippen molar-refractivity contribution in [3.05, 3.63) is 53.3 Å². The normalized spacial score (nSPS) is 16.6. The van der Waals surface area contributed by atoms with Crippen molar-refractivity contribution in [2.75, 3.05) is 26.2 Å². The minimum atomic E-state index is -3.45. The van der Waals surface area contributed by atoms with Crippen LogP contribution in [0, 0.1) is 6.92 Å². The third-order valence-corrected chi connectivity index (χ3v) is 7.75. The highest BCUT2D eigenvalue weighted by Gasteiger charge is 2.28. The molecular weight excluding hydrogens is 398 g/mol. The third-order valence-electron chi connectivity index (χ3n) is 5.84. The number of rotatable bonds is 5. The molecule has 0 amide bonds. The van der Waals surface area contributed by atoms with E-state index in [1.165, 1.54) is 0 Å². The number of hydrogen-bond donors (Lipinski definition) is 0. The monoisotopic (exact) mass is 427 g/mol. The Morgan fingerprint density at radius 1 is 1.07 bits per heavy atom. The number of piperazine rings is 1. The SMILES string of the molecule is Cc1nn(C)c2ncc(CN3CCN(S(=O)(=O)c4ccc(C(C)C)cc4)CC3)cc12. The van der Waals surface area contributed by atoms with Crippen LogP contribution in [0.3, 0.4) is 0 Å². The summed E-state index contributed by atoms with van der Waals surface area (Å²) < 4.78 is 29.4. The van der Waals surface area contributed by atoms with E-state index < -0.39 is 10.0 Å². The molecule has 1 saturated heterocycles. The van der Waals surface area contributed by atoms with Crippen LogP contribution in [0.4, 0.5) is 0 Å². The standard InChI is InChI=1S/C22H29N5O2S/c1-16(2)19-5-7-20(8-6-19)30(28,29)27-11-9-26(10-12-27)15-18-13-21-17(3)24-25(4)22(21)23-14-18/h5-8,13-14,16H,9-12,15H2,1-4H3. The molecule has 0 bridgehead atoms. The van der Waals surface area contributed by atoms with Crippen molar-refractivity contribution >= 4 is 21.1 Å². The van der Waals surface area contributed by atoms with Crippen molar-refractivity contribution in [3.8, 4) is 0 Å². The van der Waals surface area contributed by atoms with Gasteiger partial charge in [-0.25, -0.2) is 13.4 Å². The molecule has 160 valence electrons. The lowest BCUT2D eigenvalue weighted by Gasteiger charge is -2.34. The Morgan fingerprint density at radius 2 is 1.73 bits per heavy atom. The van der Waals surface area contributed by atoms with Crippen LogP contribution in [0.1, 0.15) is 36.6 Å². The number of benzene rings is 1. The average Bonchev–Trinajstić information content (AvgIpc) is 3.01. The first-order chi connectivity index (χ1) is 14.3. The molecule has 0 spiro atoms. The molecule has 0 aliphatic carbocycles. The summed E-state index contributed by atoms with van der Waals surface area (Å²) in [6.45, 7) is 9.35. The Morgan fingerprint density at radius 3 is 2.37 bits per heavy atom. The Labute approximate surface area is 178 Å². The third kappa shape index (κ3) is 3.99. The fraction of sp³-hybridized carbons (Fsp3) is 0.455. The van der Waals surface area contributed by atoms with Crippen LogP contribution >= 0.6 is 0 Å². The molecule has 0 atom stereocenters. The zero-order valence-electron chi connectivity index (χ0n) is 18.0. The predicted molar refractivity (Wildman–Crippen MR) is 118 cm³/mol. The van der Waals surface area contributed by atoms with Gasteiger partial charge in [0.2, 0.25) is 10.0 Å². The number of aromatic nitrogens is 3. The Hall–Kier alpha value is -2.29. The first-order valence-corrected chi connectivity index (χ1v) is 11.8. The molecule has 2 aromatic heterocycles. The van der Waals surface area contributed by atoms with Crippen LogP contribution in [-0.4, -0.2) is 58.6 Å². The molecule has 1 fully saturated rings. The first kappa shape index (κ1) is 21.0. The minimum absolute atomic E-state index is 0.377. The lowest BCUT2D eigenvalue weighted by atomic mass is 10.0. The zero-order valence-corrected chi connectivity index (χ0v) is 18.9. The first-order valence-electron chi connectivity index (χ1n) is 10.4. The Kier molecular flexibility index (Phi) is 5.65. The van der Waals surface area contributed by atoms with Gasteiger partial charge in [-0.15, -0.1) is 0 Å². The number of fused-ring (bicyclic) bond motifs is 1. The van der Waals surface area contributed by atoms with E-state index >= 15 is 0 Å². The van der Waals surface area contributed by atoms with Gasteiger partial charge >= 0.3 is 0 Å². The van der Waals surface area contributed by atoms with Crippen LogP contribution in [0.25, 0.3) is 11.0 Å². The van der Waals surface area contributed by atoms with Crippen molar-refractivity contribution in [3.63, 3.8) is 0 Å². The van der Waals surface area contributed by atoms with Gasteiger partial charge in [-0.05, 0) is 42.2 Å². The molecular formula is C22H29N5O2S. The summed E-state index contributed by atoms with van der Waals surface area (Å²) in [5.74, 6) is 0.384. The topological polar surface area (TPSA) is 71.3 Å². The Balaban J connectivity index is 1.41. The second-order valence-electron chi connectivity index (χ2n) is 8.33. The molecule has 4 rings (SSSR count). The summed E-state index contributed by atoms with van der Waals surface area (Å²) in [4.78, 5) is 7.20. The van der Waals surface area contributed by atoms with Crippen LogP contribution in [0.15, 0.2) is 41.4 Å². The fourth-order valence-electron chi connectivity index (χ4n) is 4.00. The summed E-state index contributed by atoms with van der Waals surface area (Å²) in [6, 6.07) is 9.43. The van der Waals surface area contributed by atoms with Gasteiger partial charge < -0.3 is 0 Å². The van der Waals surface area contributed by atoms with E-state index in [1.807, 2.05) is 32.3 Å². The van der Waals surface area contributed by atoms with Crippen molar-refractivity contribution in [2.45, 2.75) is 38.1 Å². The van der Waals surface area contributed by atoms with Crippen LogP contribution in [-0.2, 0) is 23.6 Å². The van der Waals surface area contributed by atoms with Gasteiger partial charge in [0.25, 0.3) is 0 Å². The van der Waals surface area contributed by atoms with E-state index in [4.69, 9.17) is 0 Å². The van der Waals surface area contributed by atoms with Crippen LogP contribution in [0.5, 0.6) is 0 Å². The highest BCUT2D eigenvalue weighted by Crippen LogP contribution is 2.22. The fourth-order valence-corrected chi connectivity index (χ4v) is 5.42. The number of nitrogens with zero attached hydrogens (tertiary/aromatic N) is 5. The molecule has 8 heteroatoms. The van der Waals surface area contributed by atoms with Crippen LogP contribution < -0.4 is 0 Å². The minimum Gasteiger partial charge on any atom is -0.296 e. The van der Waals surface area contributed by atoms with Crippen LogP contribution in [0.2, 0.25) is 0 Å². The smallest absolute Gasteiger partial charge is 0.243 e. The molecule has 0 unspecified atom stereocenters. The average molecular weight is 428 g/mol. The molecule has 30 heavy (non-hydrogen) atoms. The second kappa shape index (κ2) is 8.09. The lowest BCUT2D eigenvalue weighted by Crippen LogP contribution is -2.48. The maximum Gasteiger partial charge on any atom is 0.243 e. The number of sulfonamides is 1. The highest BCUT2D eigenvalue weighted by molar-refractivity contribution is 7.89. The van der Waals surface area contributed by atoms with Crippen molar-refractivity contribution < 1.29 is 8.42 Å². The van der Waals surface area contributed by atoms with Gasteiger partial charge in [-0.2, -0.15) is 9.40 Å². The van der Waals surface area contributed by atoms with Gasteiger partial charge in [0.05, 0.1) is 10.6 Å². The number of hydrogen-bond acceptors (Lipinski definition) is 5. The van der Waals surface area contributed by atoms with Gasteiger partial charge in [0.15, 0.2) is 5.65 Å². The van der Waals surface area contributed by atoms with Gasteiger partial charge in [0.1, 0.15) is 0 Å². The zero-order chi connectivity index (χ0) is 21.5. The quantitative estimate of drug-likeness (QED) is 0.626. The van der Waals surface area contributed by atoms with E-state index in [2.05, 4.69) is 34.9 Å². The predicted octanol–water partition coefficient (Wildman–Crippen LogP) is 2.91. The van der Waals surface area contributed by atoms with E-state index in [0.717, 1.165) is 34.4 Å². The second-order valence-corrected chi connectivity index (χ2v) is 10.3. The van der Waals surface area contributed by atoms with E-state index in [9.17, 15) is 8.42 Å². The molecule has 3 heterocycles. The van der Waals surface area contributed by atoms with Crippen molar-refractivity contribution in [1.29, 1.82) is 0 Å². The molecule has 0 N–H and O–H groups in total. The maximum atomic E-state index is 13.0. The van der Waals surface area contributed by atoms with Gasteiger partial charge in [-0.1, -0.05) is 26.0 Å². The van der Waals surface area contributed by atoms with E-state index in [0.29, 0.717) is 37.0 Å². The van der Waals surface area contributed by atoms with E-state index in [1.54, 1.807) is 21.1 Å². The van der Waals surface area contributed by atoms with Gasteiger partial charge in [-0.3, -0.25) is 9.58 Å². The molecule has 0 radical (unpaired) electrons. The van der Waals surface area contributed by atoms with Crippen molar-refractivity contribution in [2.24, 2.45) is 7.05 Å². The molecule has 1 aliphatic heterocycles. The lowest BCUT2D eigenvalue weighted by molar-refractivity contribution is 0.181. The molecule has 0 saturated carbocycles.